The van der Waals surface area contributed by atoms with Gasteiger partial charge in [-0.25, -0.2) is 4.98 Å². The number of hydrogen-bond acceptors (Lipinski definition) is 5. The Kier molecular flexibility index (Phi) is 4.84. The quantitative estimate of drug-likeness (QED) is 0.902. The molecule has 1 aromatic rings. The number of thiazole rings is 1. The Labute approximate surface area is 119 Å². The monoisotopic (exact) mass is 288 g/mol. The second-order valence-electron chi connectivity index (χ2n) is 5.09. The molecule has 4 nitrogen and oxygen atoms in total. The highest BCUT2D eigenvalue weighted by Crippen LogP contribution is 2.23. The summed E-state index contributed by atoms with van der Waals surface area (Å²) in [5.41, 5.74) is 5.67. The van der Waals surface area contributed by atoms with Crippen LogP contribution in [0.2, 0.25) is 0 Å². The molecular formula is C12H21ClN4S. The van der Waals surface area contributed by atoms with Crippen LogP contribution in [0.15, 0.2) is 6.20 Å². The predicted molar refractivity (Wildman–Crippen MR) is 78.3 cm³/mol. The molecule has 3 heterocycles. The first-order valence-electron chi connectivity index (χ1n) is 6.48. The van der Waals surface area contributed by atoms with Crippen molar-refractivity contribution in [3.8, 4) is 0 Å². The average Bonchev–Trinajstić information content (AvgIpc) is 2.75. The van der Waals surface area contributed by atoms with E-state index in [1.54, 1.807) is 11.3 Å². The molecule has 1 unspecified atom stereocenters. The Morgan fingerprint density at radius 3 is 3.00 bits per heavy atom. The molecule has 0 aliphatic carbocycles. The van der Waals surface area contributed by atoms with Crippen molar-refractivity contribution < 1.29 is 0 Å². The smallest absolute Gasteiger partial charge is 0.180 e. The molecule has 102 valence electrons. The van der Waals surface area contributed by atoms with Crippen molar-refractivity contribution in [2.45, 2.75) is 31.8 Å². The zero-order chi connectivity index (χ0) is 11.7. The third-order valence-electron chi connectivity index (χ3n) is 3.87. The summed E-state index contributed by atoms with van der Waals surface area (Å²) in [4.78, 5) is 10.6. The molecule has 2 aliphatic heterocycles. The summed E-state index contributed by atoms with van der Waals surface area (Å²) in [6.07, 6.45) is 6.10. The lowest BCUT2D eigenvalue weighted by molar-refractivity contribution is 0.0461. The number of piperazine rings is 1. The summed E-state index contributed by atoms with van der Waals surface area (Å²) in [6.45, 7) is 5.98. The molecule has 0 aromatic carbocycles. The molecule has 2 fully saturated rings. The minimum Gasteiger partial charge on any atom is -0.375 e. The lowest BCUT2D eigenvalue weighted by atomic mass is 9.99. The molecule has 1 atom stereocenters. The number of anilines is 1. The first-order valence-corrected chi connectivity index (χ1v) is 7.29. The van der Waals surface area contributed by atoms with E-state index in [0.717, 1.165) is 12.6 Å². The summed E-state index contributed by atoms with van der Waals surface area (Å²) in [7, 11) is 0. The Balaban J connectivity index is 0.00000120. The lowest BCUT2D eigenvalue weighted by Gasteiger charge is -2.43. The summed E-state index contributed by atoms with van der Waals surface area (Å²) >= 11 is 1.62. The predicted octanol–water partition coefficient (Wildman–Crippen LogP) is 1.82. The number of nitrogens with two attached hydrogens (primary N) is 1. The first kappa shape index (κ1) is 14.1. The molecule has 1 aromatic heterocycles. The number of rotatable bonds is 2. The van der Waals surface area contributed by atoms with Crippen LogP contribution in [-0.4, -0.2) is 47.0 Å². The highest BCUT2D eigenvalue weighted by Gasteiger charge is 2.28. The number of aromatic nitrogens is 1. The molecule has 0 saturated carbocycles. The van der Waals surface area contributed by atoms with Crippen molar-refractivity contribution in [2.75, 3.05) is 31.9 Å². The lowest BCUT2D eigenvalue weighted by Crippen LogP contribution is -2.54. The maximum atomic E-state index is 5.67. The van der Waals surface area contributed by atoms with E-state index in [4.69, 9.17) is 5.73 Å². The Morgan fingerprint density at radius 1 is 1.33 bits per heavy atom. The molecule has 0 bridgehead atoms. The summed E-state index contributed by atoms with van der Waals surface area (Å²) < 4.78 is 0. The fourth-order valence-electron chi connectivity index (χ4n) is 2.98. The fourth-order valence-corrected chi connectivity index (χ4v) is 3.71. The molecule has 18 heavy (non-hydrogen) atoms. The number of nitrogens with zero attached hydrogens (tertiary/aromatic N) is 3. The van der Waals surface area contributed by atoms with Crippen LogP contribution in [0.25, 0.3) is 0 Å². The van der Waals surface area contributed by atoms with Gasteiger partial charge in [-0.1, -0.05) is 6.42 Å². The van der Waals surface area contributed by atoms with Crippen LogP contribution >= 0.6 is 23.7 Å². The van der Waals surface area contributed by atoms with Gasteiger partial charge < -0.3 is 5.73 Å². The van der Waals surface area contributed by atoms with E-state index in [9.17, 15) is 0 Å². The molecule has 0 spiro atoms. The second kappa shape index (κ2) is 6.19. The van der Waals surface area contributed by atoms with Crippen molar-refractivity contribution in [2.24, 2.45) is 0 Å². The number of fused-ring (bicyclic) bond motifs is 1. The van der Waals surface area contributed by atoms with Crippen LogP contribution < -0.4 is 5.73 Å². The van der Waals surface area contributed by atoms with Gasteiger partial charge in [0.15, 0.2) is 5.13 Å². The summed E-state index contributed by atoms with van der Waals surface area (Å²) in [5.74, 6) is 0. The number of halogens is 1. The maximum Gasteiger partial charge on any atom is 0.180 e. The third kappa shape index (κ3) is 3.15. The molecule has 0 amide bonds. The topological polar surface area (TPSA) is 45.4 Å². The van der Waals surface area contributed by atoms with Gasteiger partial charge in [0.2, 0.25) is 0 Å². The standard InChI is InChI=1S/C12H20N4S.ClH/c13-12-14-7-11(17-12)9-15-5-6-16-4-2-1-3-10(16)8-15;/h7,10H,1-6,8-9H2,(H2,13,14);1H. The zero-order valence-corrected chi connectivity index (χ0v) is 12.2. The molecule has 2 saturated heterocycles. The van der Waals surface area contributed by atoms with E-state index in [-0.39, 0.29) is 12.4 Å². The normalized spacial score (nSPS) is 25.4. The molecule has 3 rings (SSSR count). The second-order valence-corrected chi connectivity index (χ2v) is 6.23. The molecule has 0 radical (unpaired) electrons. The van der Waals surface area contributed by atoms with Gasteiger partial charge in [-0.05, 0) is 19.4 Å². The van der Waals surface area contributed by atoms with Gasteiger partial charge >= 0.3 is 0 Å². The molecule has 6 heteroatoms. The van der Waals surface area contributed by atoms with Crippen molar-refractivity contribution in [1.29, 1.82) is 0 Å². The fraction of sp³-hybridized carbons (Fsp3) is 0.750. The Morgan fingerprint density at radius 2 is 2.22 bits per heavy atom. The van der Waals surface area contributed by atoms with E-state index in [2.05, 4.69) is 14.8 Å². The van der Waals surface area contributed by atoms with Gasteiger partial charge in [0.25, 0.3) is 0 Å². The van der Waals surface area contributed by atoms with E-state index < -0.39 is 0 Å². The Bertz CT molecular complexity index is 384. The average molecular weight is 289 g/mol. The minimum atomic E-state index is 0. The van der Waals surface area contributed by atoms with Crippen LogP contribution in [0.1, 0.15) is 24.1 Å². The van der Waals surface area contributed by atoms with E-state index >= 15 is 0 Å². The van der Waals surface area contributed by atoms with Crippen molar-refractivity contribution >= 4 is 28.9 Å². The molecule has 2 N–H and O–H groups in total. The summed E-state index contributed by atoms with van der Waals surface area (Å²) in [6, 6.07) is 0.794. The van der Waals surface area contributed by atoms with Gasteiger partial charge in [-0.2, -0.15) is 0 Å². The highest BCUT2D eigenvalue weighted by molar-refractivity contribution is 7.15. The van der Waals surface area contributed by atoms with Gasteiger partial charge in [-0.3, -0.25) is 9.80 Å². The van der Waals surface area contributed by atoms with Crippen LogP contribution in [0.5, 0.6) is 0 Å². The van der Waals surface area contributed by atoms with E-state index in [1.165, 1.54) is 50.3 Å². The largest absolute Gasteiger partial charge is 0.375 e. The van der Waals surface area contributed by atoms with Crippen LogP contribution in [-0.2, 0) is 6.54 Å². The van der Waals surface area contributed by atoms with Crippen LogP contribution in [0.4, 0.5) is 5.13 Å². The van der Waals surface area contributed by atoms with Gasteiger partial charge in [0.05, 0.1) is 0 Å². The maximum absolute atomic E-state index is 5.67. The van der Waals surface area contributed by atoms with Crippen molar-refractivity contribution in [1.82, 2.24) is 14.8 Å². The van der Waals surface area contributed by atoms with Gasteiger partial charge in [-0.15, -0.1) is 23.7 Å². The third-order valence-corrected chi connectivity index (χ3v) is 4.68. The summed E-state index contributed by atoms with van der Waals surface area (Å²) in [5, 5.41) is 0.691. The molecule has 2 aliphatic rings. The van der Waals surface area contributed by atoms with Crippen molar-refractivity contribution in [3.63, 3.8) is 0 Å². The van der Waals surface area contributed by atoms with E-state index in [0.29, 0.717) is 5.13 Å². The van der Waals surface area contributed by atoms with Gasteiger partial charge in [0, 0.05) is 43.3 Å². The number of nitrogen functional groups attached to an aromatic ring is 1. The van der Waals surface area contributed by atoms with Crippen molar-refractivity contribution in [3.05, 3.63) is 11.1 Å². The van der Waals surface area contributed by atoms with Crippen LogP contribution in [0, 0.1) is 0 Å². The SMILES string of the molecule is Cl.Nc1ncc(CN2CCN3CCCCC3C2)s1. The molecular weight excluding hydrogens is 268 g/mol. The first-order chi connectivity index (χ1) is 8.31. The van der Waals surface area contributed by atoms with Gasteiger partial charge in [0.1, 0.15) is 0 Å². The zero-order valence-electron chi connectivity index (χ0n) is 10.5. The minimum absolute atomic E-state index is 0. The number of hydrogen-bond donors (Lipinski definition) is 1. The highest BCUT2D eigenvalue weighted by atomic mass is 35.5. The van der Waals surface area contributed by atoms with E-state index in [1.807, 2.05) is 6.20 Å². The van der Waals surface area contributed by atoms with Crippen LogP contribution in [0.3, 0.4) is 0 Å². The number of piperidine rings is 1. The Hall–Kier alpha value is -0.360.